The van der Waals surface area contributed by atoms with Crippen LogP contribution >= 0.6 is 0 Å². The highest BCUT2D eigenvalue weighted by Gasteiger charge is 2.09. The molecule has 54 valence electrons. The molecular weight excluding hydrogens is 138 g/mol. The van der Waals surface area contributed by atoms with Crippen LogP contribution in [0.15, 0.2) is 29.3 Å². The molecule has 0 fully saturated rings. The van der Waals surface area contributed by atoms with Gasteiger partial charge in [-0.2, -0.15) is 0 Å². The molecule has 11 heavy (non-hydrogen) atoms. The zero-order chi connectivity index (χ0) is 7.84. The van der Waals surface area contributed by atoms with Gasteiger partial charge in [-0.05, 0) is 13.0 Å². The Kier molecular flexibility index (Phi) is 1.15. The van der Waals surface area contributed by atoms with Crippen molar-refractivity contribution in [3.05, 3.63) is 34.8 Å². The van der Waals surface area contributed by atoms with Crippen molar-refractivity contribution in [3.8, 4) is 0 Å². The summed E-state index contributed by atoms with van der Waals surface area (Å²) >= 11 is 0. The summed E-state index contributed by atoms with van der Waals surface area (Å²) in [6.07, 6.45) is 0. The Balaban J connectivity index is 3.00. The number of carbonyl (C=O) groups is 1. The summed E-state index contributed by atoms with van der Waals surface area (Å²) < 4.78 is 0. The summed E-state index contributed by atoms with van der Waals surface area (Å²) in [5.74, 6) is -0.105. The number of carbonyl (C=O) groups excluding carboxylic acids is 1. The molecule has 0 spiro atoms. The fraction of sp³-hybridized carbons (Fsp3) is 0.111. The van der Waals surface area contributed by atoms with Crippen LogP contribution < -0.4 is 10.6 Å². The lowest BCUT2D eigenvalue weighted by Crippen LogP contribution is -2.21. The second-order valence-electron chi connectivity index (χ2n) is 2.56. The van der Waals surface area contributed by atoms with E-state index in [1.807, 2.05) is 24.3 Å². The number of fused-ring (bicyclic) bond motifs is 1. The highest BCUT2D eigenvalue weighted by molar-refractivity contribution is 6.14. The van der Waals surface area contributed by atoms with Crippen LogP contribution in [0.2, 0.25) is 0 Å². The Morgan fingerprint density at radius 2 is 2.00 bits per heavy atom. The smallest absolute Gasteiger partial charge is 0.267 e. The Bertz CT molecular complexity index is 431. The van der Waals surface area contributed by atoms with Gasteiger partial charge in [-0.1, -0.05) is 18.2 Å². The van der Waals surface area contributed by atoms with E-state index in [0.717, 1.165) is 16.1 Å². The van der Waals surface area contributed by atoms with Crippen molar-refractivity contribution >= 4 is 11.5 Å². The first-order chi connectivity index (χ1) is 5.29. The van der Waals surface area contributed by atoms with Crippen LogP contribution in [0.25, 0.3) is 5.57 Å². The van der Waals surface area contributed by atoms with Gasteiger partial charge in [0.2, 0.25) is 0 Å². The second-order valence-corrected chi connectivity index (χ2v) is 2.56. The van der Waals surface area contributed by atoms with Gasteiger partial charge in [0.15, 0.2) is 0 Å². The van der Waals surface area contributed by atoms with E-state index >= 15 is 0 Å². The molecule has 2 nitrogen and oxygen atoms in total. The summed E-state index contributed by atoms with van der Waals surface area (Å²) in [7, 11) is 0. The van der Waals surface area contributed by atoms with E-state index in [2.05, 4.69) is 4.99 Å². The minimum Gasteiger partial charge on any atom is -0.267 e. The van der Waals surface area contributed by atoms with Crippen LogP contribution in [-0.2, 0) is 4.79 Å². The standard InChI is InChI=1S/C9H7NO/c1-6-7-4-2-3-5-8(7)10-9(6)11/h2-5H,1H3. The van der Waals surface area contributed by atoms with Gasteiger partial charge in [-0.15, -0.1) is 0 Å². The van der Waals surface area contributed by atoms with Crippen molar-refractivity contribution in [1.29, 1.82) is 0 Å². The maximum Gasteiger partial charge on any atom is 0.273 e. The molecule has 1 aromatic rings. The normalized spacial score (nSPS) is 14.6. The molecule has 0 bridgehead atoms. The Morgan fingerprint density at radius 3 is 2.73 bits per heavy atom. The van der Waals surface area contributed by atoms with Crippen LogP contribution in [0, 0.1) is 0 Å². The molecule has 1 amide bonds. The number of benzene rings is 1. The minimum absolute atomic E-state index is 0.105. The average Bonchev–Trinajstić information content (AvgIpc) is 2.30. The predicted molar refractivity (Wildman–Crippen MR) is 41.3 cm³/mol. The third kappa shape index (κ3) is 0.792. The highest BCUT2D eigenvalue weighted by Crippen LogP contribution is 1.96. The lowest BCUT2D eigenvalue weighted by atomic mass is 10.2. The number of nitrogens with zero attached hydrogens (tertiary/aromatic N) is 1. The molecule has 0 radical (unpaired) electrons. The largest absolute Gasteiger partial charge is 0.273 e. The summed E-state index contributed by atoms with van der Waals surface area (Å²) in [6, 6.07) is 7.56. The van der Waals surface area contributed by atoms with E-state index in [-0.39, 0.29) is 5.91 Å². The molecule has 1 heterocycles. The van der Waals surface area contributed by atoms with Gasteiger partial charge in [0.25, 0.3) is 5.91 Å². The van der Waals surface area contributed by atoms with Crippen molar-refractivity contribution in [1.82, 2.24) is 0 Å². The van der Waals surface area contributed by atoms with Crippen LogP contribution in [-0.4, -0.2) is 5.91 Å². The van der Waals surface area contributed by atoms with Crippen LogP contribution in [0.3, 0.4) is 0 Å². The van der Waals surface area contributed by atoms with Gasteiger partial charge < -0.3 is 0 Å². The minimum atomic E-state index is -0.105. The fourth-order valence-corrected chi connectivity index (χ4v) is 1.20. The van der Waals surface area contributed by atoms with E-state index in [1.54, 1.807) is 6.92 Å². The predicted octanol–water partition coefficient (Wildman–Crippen LogP) is 0.0170. The van der Waals surface area contributed by atoms with Crippen molar-refractivity contribution in [2.24, 2.45) is 4.99 Å². The Labute approximate surface area is 63.9 Å². The highest BCUT2D eigenvalue weighted by atomic mass is 16.1. The number of amides is 1. The van der Waals surface area contributed by atoms with Gasteiger partial charge in [-0.25, -0.2) is 4.99 Å². The SMILES string of the molecule is CC1=c2ccccc2=NC1=O. The number of hydrogen-bond acceptors (Lipinski definition) is 1. The van der Waals surface area contributed by atoms with Gasteiger partial charge in [0.05, 0.1) is 5.36 Å². The quantitative estimate of drug-likeness (QED) is 0.506. The molecule has 1 aromatic carbocycles. The molecule has 1 aliphatic rings. The molecule has 2 heteroatoms. The van der Waals surface area contributed by atoms with Crippen molar-refractivity contribution in [2.45, 2.75) is 6.92 Å². The Morgan fingerprint density at radius 1 is 1.27 bits per heavy atom. The van der Waals surface area contributed by atoms with Crippen molar-refractivity contribution in [3.63, 3.8) is 0 Å². The number of hydrogen-bond donors (Lipinski definition) is 0. The van der Waals surface area contributed by atoms with Crippen molar-refractivity contribution in [2.75, 3.05) is 0 Å². The molecule has 0 aromatic heterocycles. The molecule has 0 N–H and O–H groups in total. The van der Waals surface area contributed by atoms with E-state index < -0.39 is 0 Å². The van der Waals surface area contributed by atoms with Crippen LogP contribution in [0.1, 0.15) is 6.92 Å². The summed E-state index contributed by atoms with van der Waals surface area (Å²) in [5.41, 5.74) is 0.751. The first kappa shape index (κ1) is 6.28. The fourth-order valence-electron chi connectivity index (χ4n) is 1.20. The third-order valence-corrected chi connectivity index (χ3v) is 1.85. The summed E-state index contributed by atoms with van der Waals surface area (Å²) in [6.45, 7) is 1.80. The maximum atomic E-state index is 11.0. The zero-order valence-electron chi connectivity index (χ0n) is 6.16. The molecule has 0 atom stereocenters. The zero-order valence-corrected chi connectivity index (χ0v) is 6.16. The Hall–Kier alpha value is -1.44. The third-order valence-electron chi connectivity index (χ3n) is 1.85. The molecule has 2 rings (SSSR count). The molecule has 0 aliphatic carbocycles. The maximum absolute atomic E-state index is 11.0. The van der Waals surface area contributed by atoms with Crippen molar-refractivity contribution < 1.29 is 4.79 Å². The van der Waals surface area contributed by atoms with Crippen LogP contribution in [0.5, 0.6) is 0 Å². The van der Waals surface area contributed by atoms with Crippen LogP contribution in [0.4, 0.5) is 0 Å². The lowest BCUT2D eigenvalue weighted by molar-refractivity contribution is -0.112. The summed E-state index contributed by atoms with van der Waals surface area (Å²) in [5, 5.41) is 1.77. The lowest BCUT2D eigenvalue weighted by Gasteiger charge is -1.82. The van der Waals surface area contributed by atoms with E-state index in [1.165, 1.54) is 0 Å². The molecule has 0 saturated heterocycles. The molecular formula is C9H7NO. The number of rotatable bonds is 0. The van der Waals surface area contributed by atoms with Gasteiger partial charge in [0.1, 0.15) is 0 Å². The van der Waals surface area contributed by atoms with E-state index in [0.29, 0.717) is 0 Å². The van der Waals surface area contributed by atoms with E-state index in [4.69, 9.17) is 0 Å². The monoisotopic (exact) mass is 145 g/mol. The van der Waals surface area contributed by atoms with Gasteiger partial charge >= 0.3 is 0 Å². The molecule has 0 unspecified atom stereocenters. The first-order valence-electron chi connectivity index (χ1n) is 3.48. The first-order valence-corrected chi connectivity index (χ1v) is 3.48. The average molecular weight is 145 g/mol. The van der Waals surface area contributed by atoms with Gasteiger partial charge in [0, 0.05) is 10.8 Å². The van der Waals surface area contributed by atoms with Gasteiger partial charge in [-0.3, -0.25) is 4.79 Å². The molecule has 0 saturated carbocycles. The number of para-hydroxylation sites is 1. The molecule has 1 aliphatic heterocycles. The topological polar surface area (TPSA) is 29.4 Å². The second kappa shape index (κ2) is 2.02. The summed E-state index contributed by atoms with van der Waals surface area (Å²) in [4.78, 5) is 14.9. The van der Waals surface area contributed by atoms with E-state index in [9.17, 15) is 4.79 Å².